The van der Waals surface area contributed by atoms with Crippen LogP contribution in [0, 0.1) is 0 Å². The van der Waals surface area contributed by atoms with Crippen LogP contribution < -0.4 is 15.2 Å². The molecule has 0 aromatic heterocycles. The molecule has 0 aliphatic carbocycles. The van der Waals surface area contributed by atoms with Gasteiger partial charge in [0.2, 0.25) is 0 Å². The molecule has 0 saturated carbocycles. The molecule has 0 spiro atoms. The lowest BCUT2D eigenvalue weighted by Gasteiger charge is -2.39. The first-order valence-corrected chi connectivity index (χ1v) is 7.39. The Labute approximate surface area is 121 Å². The first-order chi connectivity index (χ1) is 9.71. The Kier molecular flexibility index (Phi) is 5.26. The quantitative estimate of drug-likeness (QED) is 0.899. The van der Waals surface area contributed by atoms with Crippen molar-refractivity contribution in [1.29, 1.82) is 0 Å². The number of likely N-dealkylation sites (tertiary alicyclic amines) is 1. The van der Waals surface area contributed by atoms with Crippen LogP contribution in [-0.2, 0) is 0 Å². The molecule has 20 heavy (non-hydrogen) atoms. The molecule has 2 atom stereocenters. The number of methoxy groups -OCH3 is 2. The van der Waals surface area contributed by atoms with Crippen LogP contribution >= 0.6 is 0 Å². The molecule has 1 saturated heterocycles. The normalized spacial score (nSPS) is 21.5. The zero-order valence-electron chi connectivity index (χ0n) is 12.8. The first kappa shape index (κ1) is 15.1. The summed E-state index contributed by atoms with van der Waals surface area (Å²) in [5, 5.41) is 0. The van der Waals surface area contributed by atoms with E-state index in [1.165, 1.54) is 19.3 Å². The van der Waals surface area contributed by atoms with Crippen molar-refractivity contribution in [3.05, 3.63) is 23.8 Å². The summed E-state index contributed by atoms with van der Waals surface area (Å²) >= 11 is 0. The molecule has 112 valence electrons. The lowest BCUT2D eigenvalue weighted by molar-refractivity contribution is 0.107. The maximum absolute atomic E-state index is 6.06. The van der Waals surface area contributed by atoms with Crippen LogP contribution in [0.3, 0.4) is 0 Å². The highest BCUT2D eigenvalue weighted by Gasteiger charge is 2.28. The minimum atomic E-state index is 0.214. The molecule has 1 aromatic rings. The second-order valence-corrected chi connectivity index (χ2v) is 5.44. The highest BCUT2D eigenvalue weighted by molar-refractivity contribution is 5.42. The van der Waals surface area contributed by atoms with E-state index in [1.807, 2.05) is 12.1 Å². The zero-order valence-corrected chi connectivity index (χ0v) is 12.8. The number of hydrogen-bond acceptors (Lipinski definition) is 4. The minimum Gasteiger partial charge on any atom is -0.497 e. The highest BCUT2D eigenvalue weighted by atomic mass is 16.5. The number of rotatable bonds is 5. The molecule has 1 aromatic carbocycles. The fraction of sp³-hybridized carbons (Fsp3) is 0.625. The average Bonchev–Trinajstić information content (AvgIpc) is 2.50. The van der Waals surface area contributed by atoms with E-state index in [9.17, 15) is 0 Å². The summed E-state index contributed by atoms with van der Waals surface area (Å²) in [7, 11) is 3.37. The van der Waals surface area contributed by atoms with Crippen LogP contribution in [0.15, 0.2) is 18.2 Å². The zero-order chi connectivity index (χ0) is 14.5. The van der Waals surface area contributed by atoms with Crippen LogP contribution in [0.5, 0.6) is 11.5 Å². The van der Waals surface area contributed by atoms with Crippen LogP contribution in [0.4, 0.5) is 0 Å². The van der Waals surface area contributed by atoms with E-state index in [1.54, 1.807) is 14.2 Å². The lowest BCUT2D eigenvalue weighted by atomic mass is 9.96. The average molecular weight is 278 g/mol. The smallest absolute Gasteiger partial charge is 0.127 e. The molecule has 2 rings (SSSR count). The standard InChI is InChI=1S/C16H26N2O2/c1-12-6-4-5-9-18(12)15(11-17)14-8-7-13(19-2)10-16(14)20-3/h7-8,10,12,15H,4-6,9,11,17H2,1-3H3. The summed E-state index contributed by atoms with van der Waals surface area (Å²) < 4.78 is 10.8. The third kappa shape index (κ3) is 3.07. The van der Waals surface area contributed by atoms with Gasteiger partial charge in [-0.2, -0.15) is 0 Å². The predicted molar refractivity (Wildman–Crippen MR) is 81.4 cm³/mol. The van der Waals surface area contributed by atoms with Crippen LogP contribution in [-0.4, -0.2) is 38.3 Å². The maximum Gasteiger partial charge on any atom is 0.127 e. The van der Waals surface area contributed by atoms with Gasteiger partial charge in [0.25, 0.3) is 0 Å². The fourth-order valence-corrected chi connectivity index (χ4v) is 3.12. The summed E-state index contributed by atoms with van der Waals surface area (Å²) in [5.41, 5.74) is 7.22. The Balaban J connectivity index is 2.30. The summed E-state index contributed by atoms with van der Waals surface area (Å²) in [6.45, 7) is 4.00. The molecule has 1 aliphatic heterocycles. The highest BCUT2D eigenvalue weighted by Crippen LogP contribution is 2.35. The van der Waals surface area contributed by atoms with E-state index in [0.717, 1.165) is 23.6 Å². The van der Waals surface area contributed by atoms with Crippen molar-refractivity contribution < 1.29 is 9.47 Å². The Bertz CT molecular complexity index is 436. The Morgan fingerprint density at radius 1 is 1.30 bits per heavy atom. The first-order valence-electron chi connectivity index (χ1n) is 7.39. The molecule has 4 nitrogen and oxygen atoms in total. The van der Waals surface area contributed by atoms with Gasteiger partial charge in [-0.25, -0.2) is 0 Å². The molecule has 4 heteroatoms. The number of ether oxygens (including phenoxy) is 2. The Morgan fingerprint density at radius 2 is 2.10 bits per heavy atom. The summed E-state index contributed by atoms with van der Waals surface area (Å²) in [6.07, 6.45) is 3.81. The molecule has 1 fully saturated rings. The van der Waals surface area contributed by atoms with Gasteiger partial charge in [-0.15, -0.1) is 0 Å². The summed E-state index contributed by atoms with van der Waals surface area (Å²) in [5.74, 6) is 1.67. The fourth-order valence-electron chi connectivity index (χ4n) is 3.12. The number of piperidine rings is 1. The van der Waals surface area contributed by atoms with Gasteiger partial charge in [-0.05, 0) is 32.4 Å². The number of benzene rings is 1. The van der Waals surface area contributed by atoms with E-state index in [4.69, 9.17) is 15.2 Å². The topological polar surface area (TPSA) is 47.7 Å². The van der Waals surface area contributed by atoms with Gasteiger partial charge < -0.3 is 15.2 Å². The molecule has 0 radical (unpaired) electrons. The van der Waals surface area contributed by atoms with E-state index in [0.29, 0.717) is 12.6 Å². The van der Waals surface area contributed by atoms with E-state index >= 15 is 0 Å². The molecule has 0 amide bonds. The molecule has 1 aliphatic rings. The third-order valence-electron chi connectivity index (χ3n) is 4.28. The molecule has 0 bridgehead atoms. The van der Waals surface area contributed by atoms with Gasteiger partial charge in [0, 0.05) is 24.2 Å². The van der Waals surface area contributed by atoms with Crippen molar-refractivity contribution in [2.24, 2.45) is 5.73 Å². The van der Waals surface area contributed by atoms with Crippen molar-refractivity contribution in [3.8, 4) is 11.5 Å². The lowest BCUT2D eigenvalue weighted by Crippen LogP contribution is -2.43. The number of hydrogen-bond donors (Lipinski definition) is 1. The van der Waals surface area contributed by atoms with E-state index < -0.39 is 0 Å². The van der Waals surface area contributed by atoms with Gasteiger partial charge in [0.1, 0.15) is 11.5 Å². The van der Waals surface area contributed by atoms with Gasteiger partial charge in [-0.1, -0.05) is 12.5 Å². The molecule has 2 N–H and O–H groups in total. The van der Waals surface area contributed by atoms with Crippen molar-refractivity contribution in [1.82, 2.24) is 4.90 Å². The minimum absolute atomic E-state index is 0.214. The Morgan fingerprint density at radius 3 is 2.70 bits per heavy atom. The molecule has 1 heterocycles. The summed E-state index contributed by atoms with van der Waals surface area (Å²) in [4.78, 5) is 2.51. The number of nitrogens with zero attached hydrogens (tertiary/aromatic N) is 1. The monoisotopic (exact) mass is 278 g/mol. The van der Waals surface area contributed by atoms with Gasteiger partial charge in [-0.3, -0.25) is 4.90 Å². The number of nitrogens with two attached hydrogens (primary N) is 1. The van der Waals surface area contributed by atoms with Crippen LogP contribution in [0.25, 0.3) is 0 Å². The largest absolute Gasteiger partial charge is 0.497 e. The van der Waals surface area contributed by atoms with Gasteiger partial charge in [0.15, 0.2) is 0 Å². The molecular weight excluding hydrogens is 252 g/mol. The maximum atomic E-state index is 6.06. The summed E-state index contributed by atoms with van der Waals surface area (Å²) in [6, 6.07) is 6.79. The second kappa shape index (κ2) is 6.95. The van der Waals surface area contributed by atoms with Crippen molar-refractivity contribution in [2.45, 2.75) is 38.3 Å². The Hall–Kier alpha value is -1.26. The van der Waals surface area contributed by atoms with E-state index in [-0.39, 0.29) is 6.04 Å². The van der Waals surface area contributed by atoms with E-state index in [2.05, 4.69) is 17.9 Å². The van der Waals surface area contributed by atoms with Crippen molar-refractivity contribution in [2.75, 3.05) is 27.3 Å². The second-order valence-electron chi connectivity index (χ2n) is 5.44. The van der Waals surface area contributed by atoms with Gasteiger partial charge in [0.05, 0.1) is 20.3 Å². The third-order valence-corrected chi connectivity index (χ3v) is 4.28. The SMILES string of the molecule is COc1ccc(C(CN)N2CCCCC2C)c(OC)c1. The molecule has 2 unspecified atom stereocenters. The van der Waals surface area contributed by atoms with Crippen molar-refractivity contribution >= 4 is 0 Å². The van der Waals surface area contributed by atoms with Crippen molar-refractivity contribution in [3.63, 3.8) is 0 Å². The van der Waals surface area contributed by atoms with Crippen LogP contribution in [0.1, 0.15) is 37.8 Å². The molecular formula is C16H26N2O2. The van der Waals surface area contributed by atoms with Crippen LogP contribution in [0.2, 0.25) is 0 Å². The van der Waals surface area contributed by atoms with Gasteiger partial charge >= 0.3 is 0 Å². The predicted octanol–water partition coefficient (Wildman–Crippen LogP) is 2.58.